The maximum Gasteiger partial charge on any atom is 0.122 e. The van der Waals surface area contributed by atoms with Crippen LogP contribution in [0.2, 0.25) is 0 Å². The standard InChI is InChI=1S/C15H24N4S/c1-6-7-15-18-11(3)13(20-15)8-16-9-14-17-10(2)12(4)19(14)5/h16H,6-9H2,1-5H3. The minimum atomic E-state index is 0.797. The van der Waals surface area contributed by atoms with Crippen LogP contribution in [0.3, 0.4) is 0 Å². The van der Waals surface area contributed by atoms with Gasteiger partial charge in [-0.25, -0.2) is 9.97 Å². The SMILES string of the molecule is CCCc1nc(C)c(CNCc2nc(C)c(C)n2C)s1. The van der Waals surface area contributed by atoms with Gasteiger partial charge in [-0.2, -0.15) is 0 Å². The lowest BCUT2D eigenvalue weighted by Crippen LogP contribution is -2.15. The molecule has 0 aromatic carbocycles. The van der Waals surface area contributed by atoms with Crippen LogP contribution in [0.25, 0.3) is 0 Å². The summed E-state index contributed by atoms with van der Waals surface area (Å²) in [6.45, 7) is 10.1. The minimum Gasteiger partial charge on any atom is -0.334 e. The summed E-state index contributed by atoms with van der Waals surface area (Å²) in [5.74, 6) is 1.09. The molecule has 0 fully saturated rings. The summed E-state index contributed by atoms with van der Waals surface area (Å²) in [4.78, 5) is 10.5. The Hall–Kier alpha value is -1.20. The van der Waals surface area contributed by atoms with E-state index in [0.717, 1.165) is 43.1 Å². The first-order chi connectivity index (χ1) is 9.52. The number of rotatable bonds is 6. The van der Waals surface area contributed by atoms with Gasteiger partial charge in [-0.3, -0.25) is 0 Å². The van der Waals surface area contributed by atoms with Gasteiger partial charge >= 0.3 is 0 Å². The van der Waals surface area contributed by atoms with Crippen molar-refractivity contribution in [3.05, 3.63) is 32.8 Å². The third-order valence-corrected chi connectivity index (χ3v) is 4.90. The molecule has 20 heavy (non-hydrogen) atoms. The Balaban J connectivity index is 1.94. The summed E-state index contributed by atoms with van der Waals surface area (Å²) in [6.07, 6.45) is 2.24. The molecule has 2 heterocycles. The van der Waals surface area contributed by atoms with E-state index in [-0.39, 0.29) is 0 Å². The lowest BCUT2D eigenvalue weighted by molar-refractivity contribution is 0.637. The highest BCUT2D eigenvalue weighted by Gasteiger charge is 2.09. The second-order valence-electron chi connectivity index (χ2n) is 5.23. The fourth-order valence-electron chi connectivity index (χ4n) is 2.20. The summed E-state index contributed by atoms with van der Waals surface area (Å²) in [5.41, 5.74) is 3.52. The van der Waals surface area contributed by atoms with E-state index >= 15 is 0 Å². The van der Waals surface area contributed by atoms with Gasteiger partial charge in [-0.05, 0) is 33.6 Å². The van der Waals surface area contributed by atoms with Crippen molar-refractivity contribution in [2.24, 2.45) is 7.05 Å². The Bertz CT molecular complexity index is 583. The summed E-state index contributed by atoms with van der Waals surface area (Å²) in [7, 11) is 2.07. The molecule has 0 bridgehead atoms. The Morgan fingerprint density at radius 3 is 2.45 bits per heavy atom. The molecule has 0 radical (unpaired) electrons. The second kappa shape index (κ2) is 6.50. The molecule has 2 rings (SSSR count). The van der Waals surface area contributed by atoms with Gasteiger partial charge in [0.2, 0.25) is 0 Å². The van der Waals surface area contributed by atoms with Crippen molar-refractivity contribution >= 4 is 11.3 Å². The number of aryl methyl sites for hydroxylation is 3. The predicted molar refractivity (Wildman–Crippen MR) is 84.1 cm³/mol. The maximum absolute atomic E-state index is 4.62. The molecular formula is C15H24N4S. The first-order valence-corrected chi connectivity index (χ1v) is 7.99. The normalized spacial score (nSPS) is 11.2. The maximum atomic E-state index is 4.62. The van der Waals surface area contributed by atoms with Crippen LogP contribution in [-0.2, 0) is 26.6 Å². The lowest BCUT2D eigenvalue weighted by atomic mass is 10.3. The van der Waals surface area contributed by atoms with Crippen LogP contribution in [0.15, 0.2) is 0 Å². The monoisotopic (exact) mass is 292 g/mol. The number of hydrogen-bond acceptors (Lipinski definition) is 4. The van der Waals surface area contributed by atoms with E-state index in [4.69, 9.17) is 0 Å². The minimum absolute atomic E-state index is 0.797. The van der Waals surface area contributed by atoms with E-state index < -0.39 is 0 Å². The Morgan fingerprint density at radius 2 is 1.85 bits per heavy atom. The number of aromatic nitrogens is 3. The van der Waals surface area contributed by atoms with Crippen LogP contribution >= 0.6 is 11.3 Å². The van der Waals surface area contributed by atoms with Gasteiger partial charge in [0.25, 0.3) is 0 Å². The number of thiazole rings is 1. The summed E-state index contributed by atoms with van der Waals surface area (Å²) in [5, 5.41) is 4.74. The number of hydrogen-bond donors (Lipinski definition) is 1. The number of nitrogens with one attached hydrogen (secondary N) is 1. The van der Waals surface area contributed by atoms with Crippen LogP contribution in [0.1, 0.15) is 46.1 Å². The van der Waals surface area contributed by atoms with Gasteiger partial charge in [0.1, 0.15) is 5.82 Å². The van der Waals surface area contributed by atoms with Gasteiger partial charge in [0.05, 0.1) is 22.9 Å². The van der Waals surface area contributed by atoms with Crippen LogP contribution in [-0.4, -0.2) is 14.5 Å². The lowest BCUT2D eigenvalue weighted by Gasteiger charge is -2.05. The van der Waals surface area contributed by atoms with Gasteiger partial charge in [0, 0.05) is 24.2 Å². The molecule has 2 aromatic rings. The van der Waals surface area contributed by atoms with Crippen molar-refractivity contribution in [2.45, 2.75) is 53.6 Å². The van der Waals surface area contributed by atoms with Crippen molar-refractivity contribution in [3.8, 4) is 0 Å². The van der Waals surface area contributed by atoms with Gasteiger partial charge in [-0.1, -0.05) is 6.92 Å². The highest BCUT2D eigenvalue weighted by atomic mass is 32.1. The third kappa shape index (κ3) is 3.27. The van der Waals surface area contributed by atoms with Crippen molar-refractivity contribution in [1.29, 1.82) is 0 Å². The molecule has 0 saturated carbocycles. The highest BCUT2D eigenvalue weighted by Crippen LogP contribution is 2.19. The van der Waals surface area contributed by atoms with Crippen molar-refractivity contribution in [3.63, 3.8) is 0 Å². The van der Waals surface area contributed by atoms with E-state index in [1.165, 1.54) is 15.6 Å². The molecule has 4 nitrogen and oxygen atoms in total. The zero-order chi connectivity index (χ0) is 14.7. The summed E-state index contributed by atoms with van der Waals surface area (Å²) in [6, 6.07) is 0. The summed E-state index contributed by atoms with van der Waals surface area (Å²) < 4.78 is 2.16. The van der Waals surface area contributed by atoms with E-state index in [2.05, 4.69) is 54.6 Å². The molecule has 5 heteroatoms. The van der Waals surface area contributed by atoms with Crippen LogP contribution in [0, 0.1) is 20.8 Å². The van der Waals surface area contributed by atoms with Gasteiger partial charge in [0.15, 0.2) is 0 Å². The largest absolute Gasteiger partial charge is 0.334 e. The molecule has 0 aliphatic heterocycles. The van der Waals surface area contributed by atoms with Crippen molar-refractivity contribution < 1.29 is 0 Å². The van der Waals surface area contributed by atoms with Crippen molar-refractivity contribution in [1.82, 2.24) is 19.9 Å². The average molecular weight is 292 g/mol. The van der Waals surface area contributed by atoms with Gasteiger partial charge in [-0.15, -0.1) is 11.3 Å². The smallest absolute Gasteiger partial charge is 0.122 e. The van der Waals surface area contributed by atoms with Crippen LogP contribution in [0.5, 0.6) is 0 Å². The molecule has 0 amide bonds. The highest BCUT2D eigenvalue weighted by molar-refractivity contribution is 7.11. The zero-order valence-corrected chi connectivity index (χ0v) is 13.9. The first kappa shape index (κ1) is 15.2. The molecule has 0 atom stereocenters. The van der Waals surface area contributed by atoms with E-state index in [1.807, 2.05) is 11.3 Å². The van der Waals surface area contributed by atoms with Crippen molar-refractivity contribution in [2.75, 3.05) is 0 Å². The fraction of sp³-hybridized carbons (Fsp3) is 0.600. The van der Waals surface area contributed by atoms with Crippen LogP contribution in [0.4, 0.5) is 0 Å². The van der Waals surface area contributed by atoms with E-state index in [0.29, 0.717) is 0 Å². The quantitative estimate of drug-likeness (QED) is 0.890. The average Bonchev–Trinajstić information content (AvgIpc) is 2.86. The number of nitrogens with zero attached hydrogens (tertiary/aromatic N) is 3. The topological polar surface area (TPSA) is 42.7 Å². The Morgan fingerprint density at radius 1 is 1.10 bits per heavy atom. The molecule has 0 unspecified atom stereocenters. The van der Waals surface area contributed by atoms with Gasteiger partial charge < -0.3 is 9.88 Å². The summed E-state index contributed by atoms with van der Waals surface area (Å²) >= 11 is 1.83. The molecule has 0 spiro atoms. The molecular weight excluding hydrogens is 268 g/mol. The van der Waals surface area contributed by atoms with E-state index in [1.54, 1.807) is 0 Å². The van der Waals surface area contributed by atoms with Crippen LogP contribution < -0.4 is 5.32 Å². The fourth-order valence-corrected chi connectivity index (χ4v) is 3.35. The zero-order valence-electron chi connectivity index (χ0n) is 13.1. The molecule has 1 N–H and O–H groups in total. The molecule has 0 aliphatic rings. The third-order valence-electron chi connectivity index (χ3n) is 3.68. The predicted octanol–water partition coefficient (Wildman–Crippen LogP) is 3.04. The molecule has 110 valence electrons. The Labute approximate surface area is 125 Å². The number of imidazole rings is 1. The molecule has 0 aliphatic carbocycles. The first-order valence-electron chi connectivity index (χ1n) is 7.17. The Kier molecular flexibility index (Phi) is 4.94. The molecule has 0 saturated heterocycles. The second-order valence-corrected chi connectivity index (χ2v) is 6.40. The van der Waals surface area contributed by atoms with E-state index in [9.17, 15) is 0 Å². The molecule has 2 aromatic heterocycles.